The molecule has 2 aromatic carbocycles. The van der Waals surface area contributed by atoms with Crippen LogP contribution in [-0.2, 0) is 0 Å². The zero-order valence-electron chi connectivity index (χ0n) is 9.67. The molecule has 0 aliphatic heterocycles. The summed E-state index contributed by atoms with van der Waals surface area (Å²) in [4.78, 5) is 9.37. The topological polar surface area (TPSA) is 24.7 Å². The normalized spacial score (nSPS) is 10.1. The van der Waals surface area contributed by atoms with Gasteiger partial charge in [0.1, 0.15) is 0 Å². The Bertz CT molecular complexity index is 566. The summed E-state index contributed by atoms with van der Waals surface area (Å²) < 4.78 is 0. The molecule has 2 aromatic rings. The summed E-state index contributed by atoms with van der Waals surface area (Å²) in [6.45, 7) is 7.00. The zero-order valence-corrected chi connectivity index (χ0v) is 11.5. The Labute approximate surface area is 117 Å². The highest BCUT2D eigenvalue weighted by Crippen LogP contribution is 2.32. The quantitative estimate of drug-likeness (QED) is 0.603. The average molecular weight is 272 g/mol. The van der Waals surface area contributed by atoms with E-state index in [1.54, 1.807) is 0 Å². The van der Waals surface area contributed by atoms with Crippen molar-refractivity contribution >= 4 is 50.1 Å². The third-order valence-corrected chi connectivity index (χ3v) is 3.34. The van der Waals surface area contributed by atoms with Gasteiger partial charge in [-0.1, -0.05) is 12.1 Å². The Hall–Kier alpha value is -1.52. The van der Waals surface area contributed by atoms with Crippen LogP contribution in [0.1, 0.15) is 0 Å². The van der Waals surface area contributed by atoms with Gasteiger partial charge in [-0.25, -0.2) is 0 Å². The van der Waals surface area contributed by atoms with Crippen molar-refractivity contribution in [3.8, 4) is 11.1 Å². The lowest BCUT2D eigenvalue weighted by Crippen LogP contribution is -1.80. The van der Waals surface area contributed by atoms with Crippen molar-refractivity contribution < 1.29 is 0 Å². The highest BCUT2D eigenvalue weighted by atomic mass is 32.1. The van der Waals surface area contributed by atoms with Crippen LogP contribution in [-0.4, -0.2) is 13.4 Å². The van der Waals surface area contributed by atoms with Crippen molar-refractivity contribution in [2.24, 2.45) is 9.98 Å². The molecule has 0 bridgehead atoms. The van der Waals surface area contributed by atoms with Gasteiger partial charge >= 0.3 is 0 Å². The first kappa shape index (κ1) is 12.9. The largest absolute Gasteiger partial charge is 0.264 e. The maximum atomic E-state index is 4.38. The Kier molecular flexibility index (Phi) is 3.89. The van der Waals surface area contributed by atoms with Crippen molar-refractivity contribution in [3.63, 3.8) is 0 Å². The molecule has 4 heteroatoms. The number of thiol groups is 2. The fourth-order valence-corrected chi connectivity index (χ4v) is 2.24. The maximum Gasteiger partial charge on any atom is 0.0755 e. The fraction of sp³-hybridized carbons (Fsp3) is 0. The van der Waals surface area contributed by atoms with Crippen molar-refractivity contribution in [3.05, 3.63) is 36.4 Å². The van der Waals surface area contributed by atoms with Crippen LogP contribution >= 0.6 is 25.3 Å². The average Bonchev–Trinajstić information content (AvgIpc) is 2.38. The molecular weight excluding hydrogens is 260 g/mol. The van der Waals surface area contributed by atoms with E-state index in [-0.39, 0.29) is 0 Å². The van der Waals surface area contributed by atoms with E-state index in [0.29, 0.717) is 0 Å². The van der Waals surface area contributed by atoms with Gasteiger partial charge in [0.2, 0.25) is 0 Å². The SMILES string of the molecule is C=Nc1ccc(-c2ccc(N=C)c(S)c2)cc1S. The molecule has 0 fully saturated rings. The lowest BCUT2D eigenvalue weighted by Gasteiger charge is -2.07. The standard InChI is InChI=1S/C14H12N2S2/c1-15-11-5-3-9(7-13(11)17)10-4-6-12(16-2)14(18)8-10/h3-8,17-18H,1-2H2. The minimum Gasteiger partial charge on any atom is -0.264 e. The van der Waals surface area contributed by atoms with Crippen LogP contribution in [0.3, 0.4) is 0 Å². The second-order valence-corrected chi connectivity index (χ2v) is 4.69. The summed E-state index contributed by atoms with van der Waals surface area (Å²) in [6, 6.07) is 11.7. The van der Waals surface area contributed by atoms with Crippen LogP contribution in [0.4, 0.5) is 11.4 Å². The second kappa shape index (κ2) is 5.42. The van der Waals surface area contributed by atoms with Crippen LogP contribution in [0.5, 0.6) is 0 Å². The molecule has 0 amide bonds. The van der Waals surface area contributed by atoms with Gasteiger partial charge in [-0.15, -0.1) is 25.3 Å². The zero-order chi connectivity index (χ0) is 13.1. The highest BCUT2D eigenvalue weighted by molar-refractivity contribution is 7.80. The van der Waals surface area contributed by atoms with Gasteiger partial charge < -0.3 is 0 Å². The first-order chi connectivity index (χ1) is 8.65. The first-order valence-corrected chi connectivity index (χ1v) is 6.15. The van der Waals surface area contributed by atoms with Crippen molar-refractivity contribution in [1.29, 1.82) is 0 Å². The molecule has 0 saturated carbocycles. The predicted octanol–water partition coefficient (Wildman–Crippen LogP) is 4.60. The Morgan fingerprint density at radius 3 is 1.39 bits per heavy atom. The van der Waals surface area contributed by atoms with Gasteiger partial charge in [-0.3, -0.25) is 9.98 Å². The van der Waals surface area contributed by atoms with Crippen molar-refractivity contribution in [2.45, 2.75) is 9.79 Å². The van der Waals surface area contributed by atoms with E-state index in [2.05, 4.69) is 48.7 Å². The molecule has 0 atom stereocenters. The van der Waals surface area contributed by atoms with Crippen LogP contribution in [0.25, 0.3) is 11.1 Å². The monoisotopic (exact) mass is 272 g/mol. The summed E-state index contributed by atoms with van der Waals surface area (Å²) in [5, 5.41) is 0. The smallest absolute Gasteiger partial charge is 0.0755 e. The molecule has 0 saturated heterocycles. The number of rotatable bonds is 3. The molecule has 2 rings (SSSR count). The van der Waals surface area contributed by atoms with Crippen LogP contribution in [0.2, 0.25) is 0 Å². The van der Waals surface area contributed by atoms with Gasteiger partial charge in [-0.05, 0) is 48.8 Å². The predicted molar refractivity (Wildman–Crippen MR) is 84.8 cm³/mol. The molecule has 0 aliphatic rings. The lowest BCUT2D eigenvalue weighted by atomic mass is 10.0. The summed E-state index contributed by atoms with van der Waals surface area (Å²) in [6.07, 6.45) is 0. The highest BCUT2D eigenvalue weighted by Gasteiger charge is 2.04. The molecule has 18 heavy (non-hydrogen) atoms. The number of aliphatic imine (C=N–C) groups is 2. The molecule has 0 spiro atoms. The third-order valence-electron chi connectivity index (χ3n) is 2.62. The Balaban J connectivity index is 2.48. The van der Waals surface area contributed by atoms with Crippen molar-refractivity contribution in [1.82, 2.24) is 0 Å². The van der Waals surface area contributed by atoms with Crippen LogP contribution in [0, 0.1) is 0 Å². The second-order valence-electron chi connectivity index (χ2n) is 3.72. The van der Waals surface area contributed by atoms with Gasteiger partial charge in [0.05, 0.1) is 11.4 Å². The Morgan fingerprint density at radius 1 is 0.722 bits per heavy atom. The molecule has 90 valence electrons. The van der Waals surface area contributed by atoms with Crippen molar-refractivity contribution in [2.75, 3.05) is 0 Å². The summed E-state index contributed by atoms with van der Waals surface area (Å²) in [5.41, 5.74) is 3.66. The number of benzene rings is 2. The maximum absolute atomic E-state index is 4.38. The van der Waals surface area contributed by atoms with Crippen LogP contribution < -0.4 is 0 Å². The number of nitrogens with zero attached hydrogens (tertiary/aromatic N) is 2. The molecule has 0 unspecified atom stereocenters. The summed E-state index contributed by atoms with van der Waals surface area (Å²) >= 11 is 8.76. The number of hydrogen-bond donors (Lipinski definition) is 2. The van der Waals surface area contributed by atoms with E-state index in [4.69, 9.17) is 0 Å². The summed E-state index contributed by atoms with van der Waals surface area (Å²) in [5.74, 6) is 0. The molecule has 0 N–H and O–H groups in total. The van der Waals surface area contributed by atoms with E-state index in [0.717, 1.165) is 32.3 Å². The Morgan fingerprint density at radius 2 is 1.11 bits per heavy atom. The van der Waals surface area contributed by atoms with E-state index < -0.39 is 0 Å². The molecule has 0 aromatic heterocycles. The van der Waals surface area contributed by atoms with E-state index in [9.17, 15) is 0 Å². The third kappa shape index (κ3) is 2.49. The van der Waals surface area contributed by atoms with Gasteiger partial charge in [0.25, 0.3) is 0 Å². The lowest BCUT2D eigenvalue weighted by molar-refractivity contribution is 1.37. The van der Waals surface area contributed by atoms with E-state index in [1.165, 1.54) is 0 Å². The number of hydrogen-bond acceptors (Lipinski definition) is 4. The minimum absolute atomic E-state index is 0.776. The van der Waals surface area contributed by atoms with Gasteiger partial charge in [0, 0.05) is 9.79 Å². The fourth-order valence-electron chi connectivity index (χ4n) is 1.67. The molecule has 0 aliphatic carbocycles. The van der Waals surface area contributed by atoms with E-state index in [1.807, 2.05) is 36.4 Å². The summed E-state index contributed by atoms with van der Waals surface area (Å²) in [7, 11) is 0. The first-order valence-electron chi connectivity index (χ1n) is 5.25. The minimum atomic E-state index is 0.776. The molecule has 0 radical (unpaired) electrons. The molecular formula is C14H12N2S2. The van der Waals surface area contributed by atoms with E-state index >= 15 is 0 Å². The molecule has 0 heterocycles. The molecule has 2 nitrogen and oxygen atoms in total. The van der Waals surface area contributed by atoms with Gasteiger partial charge in [0.15, 0.2) is 0 Å². The van der Waals surface area contributed by atoms with Crippen LogP contribution in [0.15, 0.2) is 56.2 Å². The van der Waals surface area contributed by atoms with Gasteiger partial charge in [-0.2, -0.15) is 0 Å².